The number of ether oxygens (including phenoxy) is 3. The van der Waals surface area contributed by atoms with Gasteiger partial charge in [-0.15, -0.1) is 0 Å². The van der Waals surface area contributed by atoms with E-state index in [1.54, 1.807) is 20.3 Å². The SMILES string of the molecule is COc1cc2nc(N3CCC(F)(F)CC3)nc(NC3CCOCC3)c2cc1OC. The molecule has 0 atom stereocenters. The Labute approximate surface area is 168 Å². The number of anilines is 2. The average Bonchev–Trinajstić information content (AvgIpc) is 2.73. The molecule has 2 aromatic rings. The molecule has 3 heterocycles. The number of hydrogen-bond acceptors (Lipinski definition) is 7. The zero-order valence-electron chi connectivity index (χ0n) is 16.7. The van der Waals surface area contributed by atoms with E-state index in [2.05, 4.69) is 10.3 Å². The first kappa shape index (κ1) is 19.9. The van der Waals surface area contributed by atoms with Gasteiger partial charge in [-0.1, -0.05) is 0 Å². The molecule has 7 nitrogen and oxygen atoms in total. The summed E-state index contributed by atoms with van der Waals surface area (Å²) in [5, 5.41) is 4.31. The molecule has 1 N–H and O–H groups in total. The van der Waals surface area contributed by atoms with Gasteiger partial charge in [0.25, 0.3) is 5.92 Å². The minimum absolute atomic E-state index is 0.191. The summed E-state index contributed by atoms with van der Waals surface area (Å²) in [6, 6.07) is 3.88. The number of alkyl halides is 2. The predicted molar refractivity (Wildman–Crippen MR) is 106 cm³/mol. The molecule has 0 bridgehead atoms. The number of aromatic nitrogens is 2. The van der Waals surface area contributed by atoms with E-state index in [0.29, 0.717) is 42.0 Å². The second kappa shape index (κ2) is 8.14. The van der Waals surface area contributed by atoms with E-state index in [1.165, 1.54) is 0 Å². The van der Waals surface area contributed by atoms with Crippen LogP contribution in [-0.2, 0) is 4.74 Å². The lowest BCUT2D eigenvalue weighted by Crippen LogP contribution is -2.40. The number of halogens is 2. The molecular weight excluding hydrogens is 382 g/mol. The Morgan fingerprint density at radius 3 is 2.38 bits per heavy atom. The van der Waals surface area contributed by atoms with E-state index in [1.807, 2.05) is 11.0 Å². The van der Waals surface area contributed by atoms with Crippen molar-refractivity contribution in [3.05, 3.63) is 12.1 Å². The molecule has 0 aliphatic carbocycles. The van der Waals surface area contributed by atoms with Crippen molar-refractivity contribution < 1.29 is 23.0 Å². The number of piperidine rings is 1. The highest BCUT2D eigenvalue weighted by Gasteiger charge is 2.35. The van der Waals surface area contributed by atoms with Crippen LogP contribution in [0, 0.1) is 0 Å². The van der Waals surface area contributed by atoms with E-state index >= 15 is 0 Å². The molecule has 0 amide bonds. The van der Waals surface area contributed by atoms with Crippen LogP contribution in [0.25, 0.3) is 10.9 Å². The maximum atomic E-state index is 13.6. The Morgan fingerprint density at radius 2 is 1.72 bits per heavy atom. The first-order chi connectivity index (χ1) is 14.0. The van der Waals surface area contributed by atoms with Gasteiger partial charge in [-0.25, -0.2) is 13.8 Å². The molecule has 4 rings (SSSR count). The van der Waals surface area contributed by atoms with Crippen LogP contribution in [0.5, 0.6) is 11.5 Å². The van der Waals surface area contributed by atoms with Gasteiger partial charge in [0, 0.05) is 56.6 Å². The summed E-state index contributed by atoms with van der Waals surface area (Å²) in [7, 11) is 3.15. The minimum atomic E-state index is -2.62. The number of benzene rings is 1. The van der Waals surface area contributed by atoms with Crippen LogP contribution in [-0.4, -0.2) is 62.5 Å². The summed E-state index contributed by atoms with van der Waals surface area (Å²) in [4.78, 5) is 11.2. The van der Waals surface area contributed by atoms with Gasteiger partial charge in [0.15, 0.2) is 11.5 Å². The van der Waals surface area contributed by atoms with E-state index in [-0.39, 0.29) is 32.0 Å². The summed E-state index contributed by atoms with van der Waals surface area (Å²) in [6.07, 6.45) is 1.38. The Morgan fingerprint density at radius 1 is 1.07 bits per heavy atom. The van der Waals surface area contributed by atoms with Crippen molar-refractivity contribution in [2.45, 2.75) is 37.6 Å². The molecule has 9 heteroatoms. The second-order valence-electron chi connectivity index (χ2n) is 7.47. The zero-order valence-corrected chi connectivity index (χ0v) is 16.7. The van der Waals surface area contributed by atoms with Crippen molar-refractivity contribution in [1.82, 2.24) is 9.97 Å². The van der Waals surface area contributed by atoms with Crippen LogP contribution in [0.4, 0.5) is 20.5 Å². The fraction of sp³-hybridized carbons (Fsp3) is 0.600. The number of nitrogens with one attached hydrogen (secondary N) is 1. The average molecular weight is 408 g/mol. The summed E-state index contributed by atoms with van der Waals surface area (Å²) < 4.78 is 43.5. The summed E-state index contributed by atoms with van der Waals surface area (Å²) in [6.45, 7) is 1.85. The molecule has 1 aromatic heterocycles. The smallest absolute Gasteiger partial charge is 0.251 e. The van der Waals surface area contributed by atoms with Crippen molar-refractivity contribution in [3.63, 3.8) is 0 Å². The molecule has 2 fully saturated rings. The third-order valence-corrected chi connectivity index (χ3v) is 5.53. The van der Waals surface area contributed by atoms with Crippen LogP contribution in [0.1, 0.15) is 25.7 Å². The third-order valence-electron chi connectivity index (χ3n) is 5.53. The molecule has 2 saturated heterocycles. The molecule has 2 aliphatic rings. The standard InChI is InChI=1S/C20H26F2N4O3/c1-27-16-11-14-15(12-17(16)28-2)24-19(26-7-5-20(21,22)6-8-26)25-18(14)23-13-3-9-29-10-4-13/h11-13H,3-10H2,1-2H3,(H,23,24,25). The maximum absolute atomic E-state index is 13.6. The predicted octanol–water partition coefficient (Wildman–Crippen LogP) is 3.47. The second-order valence-corrected chi connectivity index (χ2v) is 7.47. The molecule has 0 spiro atoms. The van der Waals surface area contributed by atoms with Crippen molar-refractivity contribution in [2.24, 2.45) is 0 Å². The summed E-state index contributed by atoms with van der Waals surface area (Å²) in [5.74, 6) is -0.339. The molecule has 0 unspecified atom stereocenters. The Kier molecular flexibility index (Phi) is 5.58. The monoisotopic (exact) mass is 408 g/mol. The lowest BCUT2D eigenvalue weighted by Gasteiger charge is -2.32. The quantitative estimate of drug-likeness (QED) is 0.812. The normalized spacial score (nSPS) is 19.9. The lowest BCUT2D eigenvalue weighted by atomic mass is 10.1. The summed E-state index contributed by atoms with van der Waals surface area (Å²) in [5.41, 5.74) is 0.680. The minimum Gasteiger partial charge on any atom is -0.493 e. The molecule has 0 saturated carbocycles. The maximum Gasteiger partial charge on any atom is 0.251 e. The van der Waals surface area contributed by atoms with Gasteiger partial charge in [0.05, 0.1) is 19.7 Å². The molecule has 0 radical (unpaired) electrons. The third kappa shape index (κ3) is 4.29. The molecule has 158 valence electrons. The molecule has 2 aliphatic heterocycles. The first-order valence-electron chi connectivity index (χ1n) is 9.90. The number of nitrogens with zero attached hydrogens (tertiary/aromatic N) is 3. The van der Waals surface area contributed by atoms with Crippen molar-refractivity contribution in [1.29, 1.82) is 0 Å². The van der Waals surface area contributed by atoms with Crippen molar-refractivity contribution >= 4 is 22.7 Å². The van der Waals surface area contributed by atoms with Gasteiger partial charge in [0.1, 0.15) is 5.82 Å². The Hall–Kier alpha value is -2.42. The zero-order chi connectivity index (χ0) is 20.4. The molecular formula is C20H26F2N4O3. The van der Waals surface area contributed by atoms with E-state index in [0.717, 1.165) is 18.2 Å². The van der Waals surface area contributed by atoms with Gasteiger partial charge in [0.2, 0.25) is 5.95 Å². The molecule has 1 aromatic carbocycles. The highest BCUT2D eigenvalue weighted by atomic mass is 19.3. The largest absolute Gasteiger partial charge is 0.493 e. The number of rotatable bonds is 5. The highest BCUT2D eigenvalue weighted by Crippen LogP contribution is 2.36. The highest BCUT2D eigenvalue weighted by molar-refractivity contribution is 5.93. The Balaban J connectivity index is 1.74. The van der Waals surface area contributed by atoms with Crippen LogP contribution < -0.4 is 19.7 Å². The van der Waals surface area contributed by atoms with Crippen LogP contribution >= 0.6 is 0 Å². The lowest BCUT2D eigenvalue weighted by molar-refractivity contribution is -0.0222. The fourth-order valence-electron chi connectivity index (χ4n) is 3.76. The van der Waals surface area contributed by atoms with E-state index < -0.39 is 5.92 Å². The topological polar surface area (TPSA) is 68.7 Å². The fourth-order valence-corrected chi connectivity index (χ4v) is 3.76. The van der Waals surface area contributed by atoms with Crippen molar-refractivity contribution in [3.8, 4) is 11.5 Å². The first-order valence-corrected chi connectivity index (χ1v) is 9.90. The number of fused-ring (bicyclic) bond motifs is 1. The van der Waals surface area contributed by atoms with Crippen LogP contribution in [0.3, 0.4) is 0 Å². The van der Waals surface area contributed by atoms with E-state index in [9.17, 15) is 8.78 Å². The van der Waals surface area contributed by atoms with Gasteiger partial charge < -0.3 is 24.4 Å². The van der Waals surface area contributed by atoms with Crippen molar-refractivity contribution in [2.75, 3.05) is 50.7 Å². The Bertz CT molecular complexity index is 864. The van der Waals surface area contributed by atoms with Crippen LogP contribution in [0.2, 0.25) is 0 Å². The van der Waals surface area contributed by atoms with Gasteiger partial charge in [-0.05, 0) is 18.9 Å². The van der Waals surface area contributed by atoms with Crippen LogP contribution in [0.15, 0.2) is 12.1 Å². The molecule has 29 heavy (non-hydrogen) atoms. The number of methoxy groups -OCH3 is 2. The van der Waals surface area contributed by atoms with Gasteiger partial charge >= 0.3 is 0 Å². The summed E-state index contributed by atoms with van der Waals surface area (Å²) >= 11 is 0. The van der Waals surface area contributed by atoms with Gasteiger partial charge in [-0.3, -0.25) is 0 Å². The number of hydrogen-bond donors (Lipinski definition) is 1. The van der Waals surface area contributed by atoms with E-state index in [4.69, 9.17) is 19.2 Å². The van der Waals surface area contributed by atoms with Gasteiger partial charge in [-0.2, -0.15) is 4.98 Å².